The molecule has 3 nitrogen and oxygen atoms in total. The van der Waals surface area contributed by atoms with E-state index in [1.165, 1.54) is 0 Å². The Hall–Kier alpha value is -0.570. The maximum Gasteiger partial charge on any atom is 0.222 e. The van der Waals surface area contributed by atoms with Gasteiger partial charge in [0.1, 0.15) is 0 Å². The van der Waals surface area contributed by atoms with Gasteiger partial charge in [-0.15, -0.1) is 0 Å². The molecule has 13 heavy (non-hydrogen) atoms. The predicted molar refractivity (Wildman–Crippen MR) is 53.6 cm³/mol. The van der Waals surface area contributed by atoms with Gasteiger partial charge in [-0.05, 0) is 13.3 Å². The van der Waals surface area contributed by atoms with Crippen molar-refractivity contribution in [3.8, 4) is 0 Å². The fourth-order valence-corrected chi connectivity index (χ4v) is 1.60. The van der Waals surface area contributed by atoms with Gasteiger partial charge in [0.05, 0.1) is 6.04 Å². The summed E-state index contributed by atoms with van der Waals surface area (Å²) in [6, 6.07) is 0.467. The summed E-state index contributed by atoms with van der Waals surface area (Å²) < 4.78 is 0. The minimum Gasteiger partial charge on any atom is -0.337 e. The van der Waals surface area contributed by atoms with E-state index in [0.29, 0.717) is 11.9 Å². The van der Waals surface area contributed by atoms with Crippen molar-refractivity contribution in [1.29, 1.82) is 0 Å². The first-order valence-corrected chi connectivity index (χ1v) is 5.29. The molecule has 1 rings (SSSR count). The van der Waals surface area contributed by atoms with Crippen LogP contribution in [0.3, 0.4) is 0 Å². The van der Waals surface area contributed by atoms with E-state index in [0.717, 1.165) is 38.9 Å². The van der Waals surface area contributed by atoms with E-state index >= 15 is 0 Å². The van der Waals surface area contributed by atoms with Crippen LogP contribution in [0.1, 0.15) is 33.1 Å². The fraction of sp³-hybridized carbons (Fsp3) is 0.900. The summed E-state index contributed by atoms with van der Waals surface area (Å²) in [5, 5.41) is 3.19. The Morgan fingerprint density at radius 3 is 2.54 bits per heavy atom. The lowest BCUT2D eigenvalue weighted by molar-refractivity contribution is -0.134. The van der Waals surface area contributed by atoms with Gasteiger partial charge in [0.2, 0.25) is 5.91 Å². The van der Waals surface area contributed by atoms with E-state index in [4.69, 9.17) is 0 Å². The lowest BCUT2D eigenvalue weighted by atomic mass is 10.1. The maximum absolute atomic E-state index is 11.7. The molecule has 3 heteroatoms. The number of amides is 1. The molecule has 1 aliphatic heterocycles. The van der Waals surface area contributed by atoms with Crippen molar-refractivity contribution >= 4 is 5.91 Å². The minimum absolute atomic E-state index is 0.329. The van der Waals surface area contributed by atoms with Crippen molar-refractivity contribution < 1.29 is 4.79 Å². The van der Waals surface area contributed by atoms with Gasteiger partial charge in [0.25, 0.3) is 0 Å². The van der Waals surface area contributed by atoms with Gasteiger partial charge < -0.3 is 10.2 Å². The highest BCUT2D eigenvalue weighted by molar-refractivity contribution is 5.76. The first-order valence-electron chi connectivity index (χ1n) is 5.29. The average Bonchev–Trinajstić information content (AvgIpc) is 2.06. The fourth-order valence-electron chi connectivity index (χ4n) is 1.60. The summed E-state index contributed by atoms with van der Waals surface area (Å²) in [6.07, 6.45) is 2.85. The molecule has 0 aromatic rings. The second kappa shape index (κ2) is 5.22. The zero-order valence-electron chi connectivity index (χ0n) is 8.68. The largest absolute Gasteiger partial charge is 0.337 e. The van der Waals surface area contributed by atoms with Gasteiger partial charge in [-0.3, -0.25) is 4.79 Å². The number of hydrogen-bond donors (Lipinski definition) is 1. The van der Waals surface area contributed by atoms with Crippen LogP contribution in [0.2, 0.25) is 0 Å². The standard InChI is InChI=1S/C10H20N2O/c1-3-5-6-10(13)12(4-2)9-7-11-8-9/h9,11H,3-8H2,1-2H3. The average molecular weight is 184 g/mol. The highest BCUT2D eigenvalue weighted by Gasteiger charge is 2.26. The lowest BCUT2D eigenvalue weighted by Gasteiger charge is -2.37. The number of hydrogen-bond acceptors (Lipinski definition) is 2. The molecule has 0 aromatic heterocycles. The number of likely N-dealkylation sites (N-methyl/N-ethyl adjacent to an activating group) is 1. The summed E-state index contributed by atoms with van der Waals surface area (Å²) in [5.41, 5.74) is 0. The molecule has 1 saturated heterocycles. The van der Waals surface area contributed by atoms with Crippen molar-refractivity contribution in [2.45, 2.75) is 39.2 Å². The highest BCUT2D eigenvalue weighted by atomic mass is 16.2. The SMILES string of the molecule is CCCCC(=O)N(CC)C1CNC1. The first kappa shape index (κ1) is 10.5. The molecule has 1 fully saturated rings. The molecule has 0 atom stereocenters. The molecule has 0 aromatic carbocycles. The second-order valence-electron chi connectivity index (χ2n) is 3.60. The summed E-state index contributed by atoms with van der Waals surface area (Å²) in [7, 11) is 0. The smallest absolute Gasteiger partial charge is 0.222 e. The van der Waals surface area contributed by atoms with E-state index in [1.807, 2.05) is 4.90 Å². The van der Waals surface area contributed by atoms with Crippen LogP contribution in [-0.2, 0) is 4.79 Å². The number of rotatable bonds is 5. The Labute approximate surface area is 80.5 Å². The molecule has 0 bridgehead atoms. The molecule has 76 valence electrons. The number of nitrogens with zero attached hydrogens (tertiary/aromatic N) is 1. The zero-order valence-corrected chi connectivity index (χ0v) is 8.68. The van der Waals surface area contributed by atoms with Crippen LogP contribution >= 0.6 is 0 Å². The van der Waals surface area contributed by atoms with Crippen LogP contribution < -0.4 is 5.32 Å². The van der Waals surface area contributed by atoms with E-state index in [9.17, 15) is 4.79 Å². The third-order valence-corrected chi connectivity index (χ3v) is 2.61. The maximum atomic E-state index is 11.7. The van der Waals surface area contributed by atoms with Crippen molar-refractivity contribution in [1.82, 2.24) is 10.2 Å². The summed E-state index contributed by atoms with van der Waals surface area (Å²) >= 11 is 0. The molecule has 1 aliphatic rings. The van der Waals surface area contributed by atoms with Crippen LogP contribution in [0.15, 0.2) is 0 Å². The molecule has 0 unspecified atom stereocenters. The van der Waals surface area contributed by atoms with Crippen LogP contribution in [-0.4, -0.2) is 36.5 Å². The Morgan fingerprint density at radius 2 is 2.15 bits per heavy atom. The van der Waals surface area contributed by atoms with Gasteiger partial charge >= 0.3 is 0 Å². The molecular formula is C10H20N2O. The second-order valence-corrected chi connectivity index (χ2v) is 3.60. The Bertz CT molecular complexity index is 166. The molecule has 0 aliphatic carbocycles. The van der Waals surface area contributed by atoms with E-state index < -0.39 is 0 Å². The minimum atomic E-state index is 0.329. The van der Waals surface area contributed by atoms with E-state index in [-0.39, 0.29) is 0 Å². The van der Waals surface area contributed by atoms with Crippen molar-refractivity contribution in [3.05, 3.63) is 0 Å². The zero-order chi connectivity index (χ0) is 9.68. The van der Waals surface area contributed by atoms with Crippen LogP contribution in [0, 0.1) is 0 Å². The summed E-state index contributed by atoms with van der Waals surface area (Å²) in [5.74, 6) is 0.329. The van der Waals surface area contributed by atoms with Gasteiger partial charge in [-0.2, -0.15) is 0 Å². The number of carbonyl (C=O) groups excluding carboxylic acids is 1. The van der Waals surface area contributed by atoms with Gasteiger partial charge in [0.15, 0.2) is 0 Å². The number of unbranched alkanes of at least 4 members (excludes halogenated alkanes) is 1. The Kier molecular flexibility index (Phi) is 4.22. The molecular weight excluding hydrogens is 164 g/mol. The van der Waals surface area contributed by atoms with Crippen LogP contribution in [0.4, 0.5) is 0 Å². The van der Waals surface area contributed by atoms with Crippen molar-refractivity contribution in [2.75, 3.05) is 19.6 Å². The summed E-state index contributed by atoms with van der Waals surface area (Å²) in [4.78, 5) is 13.7. The molecule has 0 saturated carbocycles. The monoisotopic (exact) mass is 184 g/mol. The third-order valence-electron chi connectivity index (χ3n) is 2.61. The van der Waals surface area contributed by atoms with Gasteiger partial charge in [-0.25, -0.2) is 0 Å². The predicted octanol–water partition coefficient (Wildman–Crippen LogP) is 0.997. The molecule has 1 amide bonds. The summed E-state index contributed by atoms with van der Waals surface area (Å²) in [6.45, 7) is 6.99. The Balaban J connectivity index is 2.31. The van der Waals surface area contributed by atoms with E-state index in [2.05, 4.69) is 19.2 Å². The van der Waals surface area contributed by atoms with Crippen LogP contribution in [0.5, 0.6) is 0 Å². The first-order chi connectivity index (χ1) is 6.29. The molecule has 0 spiro atoms. The Morgan fingerprint density at radius 1 is 1.46 bits per heavy atom. The topological polar surface area (TPSA) is 32.3 Å². The number of carbonyl (C=O) groups is 1. The quantitative estimate of drug-likeness (QED) is 0.691. The third kappa shape index (κ3) is 2.69. The van der Waals surface area contributed by atoms with Gasteiger partial charge in [-0.1, -0.05) is 13.3 Å². The number of nitrogens with one attached hydrogen (secondary N) is 1. The van der Waals surface area contributed by atoms with Crippen LogP contribution in [0.25, 0.3) is 0 Å². The lowest BCUT2D eigenvalue weighted by Crippen LogP contribution is -2.58. The highest BCUT2D eigenvalue weighted by Crippen LogP contribution is 2.08. The van der Waals surface area contributed by atoms with E-state index in [1.54, 1.807) is 0 Å². The van der Waals surface area contributed by atoms with Gasteiger partial charge in [0, 0.05) is 26.1 Å². The molecule has 1 heterocycles. The van der Waals surface area contributed by atoms with Crippen molar-refractivity contribution in [3.63, 3.8) is 0 Å². The molecule has 1 N–H and O–H groups in total. The normalized spacial score (nSPS) is 16.8. The molecule has 0 radical (unpaired) electrons. The van der Waals surface area contributed by atoms with Crippen molar-refractivity contribution in [2.24, 2.45) is 0 Å².